The van der Waals surface area contributed by atoms with Crippen molar-refractivity contribution in [2.24, 2.45) is 0 Å². The number of hydrogen-bond acceptors (Lipinski definition) is 0. The summed E-state index contributed by atoms with van der Waals surface area (Å²) in [6.07, 6.45) is 0. The molecule has 0 aliphatic heterocycles. The van der Waals surface area contributed by atoms with Crippen molar-refractivity contribution in [3.05, 3.63) is 47.5 Å². The van der Waals surface area contributed by atoms with Crippen LogP contribution in [0.4, 0.5) is 0 Å². The number of hydrogen-bond donors (Lipinski definition) is 0. The Balaban J connectivity index is 2.81. The van der Waals surface area contributed by atoms with Gasteiger partial charge in [-0.05, 0) is 38.4 Å². The lowest BCUT2D eigenvalue weighted by Gasteiger charge is -2.38. The second-order valence-electron chi connectivity index (χ2n) is 9.61. The molecule has 0 saturated heterocycles. The summed E-state index contributed by atoms with van der Waals surface area (Å²) in [4.78, 5) is 0. The standard InChI is InChI=1S/C25H36Si/c1-18(2)26(19(3)4,20(5)6)17-16-23-22-13-11-10-12-21(22)14-15-24(23)25(7,8)9/h10-15,18-20H,1-9H3. The summed E-state index contributed by atoms with van der Waals surface area (Å²) in [5, 5.41) is 2.59. The van der Waals surface area contributed by atoms with E-state index < -0.39 is 8.07 Å². The Bertz CT molecular complexity index is 801. The maximum atomic E-state index is 3.94. The number of fused-ring (bicyclic) bond motifs is 1. The van der Waals surface area contributed by atoms with Crippen molar-refractivity contribution in [3.63, 3.8) is 0 Å². The minimum Gasteiger partial charge on any atom is -0.125 e. The van der Waals surface area contributed by atoms with Crippen LogP contribution in [0.15, 0.2) is 36.4 Å². The summed E-state index contributed by atoms with van der Waals surface area (Å²) < 4.78 is 0. The Hall–Kier alpha value is -1.52. The SMILES string of the molecule is CC(C)[Si](C#Cc1c(C(C)(C)C)ccc2ccccc12)(C(C)C)C(C)C. The third kappa shape index (κ3) is 3.76. The highest BCUT2D eigenvalue weighted by atomic mass is 28.3. The molecule has 0 bridgehead atoms. The van der Waals surface area contributed by atoms with Crippen LogP contribution >= 0.6 is 0 Å². The molecule has 0 unspecified atom stereocenters. The van der Waals surface area contributed by atoms with E-state index in [-0.39, 0.29) is 5.41 Å². The lowest BCUT2D eigenvalue weighted by molar-refractivity contribution is 0.589. The molecule has 0 heterocycles. The molecule has 0 nitrogen and oxygen atoms in total. The molecule has 1 heteroatoms. The lowest BCUT2D eigenvalue weighted by atomic mass is 9.82. The third-order valence-electron chi connectivity index (χ3n) is 6.01. The van der Waals surface area contributed by atoms with Gasteiger partial charge in [0.15, 0.2) is 0 Å². The summed E-state index contributed by atoms with van der Waals surface area (Å²) in [5.41, 5.74) is 8.61. The van der Waals surface area contributed by atoms with Gasteiger partial charge in [-0.25, -0.2) is 0 Å². The van der Waals surface area contributed by atoms with Gasteiger partial charge in [0.1, 0.15) is 8.07 Å². The van der Waals surface area contributed by atoms with Crippen LogP contribution in [0.25, 0.3) is 10.8 Å². The molecule has 0 atom stereocenters. The van der Waals surface area contributed by atoms with Gasteiger partial charge in [-0.1, -0.05) is 105 Å². The predicted molar refractivity (Wildman–Crippen MR) is 121 cm³/mol. The van der Waals surface area contributed by atoms with Crippen molar-refractivity contribution in [1.29, 1.82) is 0 Å². The molecule has 140 valence electrons. The minimum atomic E-state index is -1.74. The van der Waals surface area contributed by atoms with Crippen LogP contribution in [0.1, 0.15) is 73.4 Å². The Kier molecular flexibility index (Phi) is 6.08. The summed E-state index contributed by atoms with van der Waals surface area (Å²) in [6.45, 7) is 21.2. The Morgan fingerprint density at radius 2 is 1.31 bits per heavy atom. The van der Waals surface area contributed by atoms with E-state index >= 15 is 0 Å². The molecule has 0 spiro atoms. The first-order valence-corrected chi connectivity index (χ1v) is 12.3. The third-order valence-corrected chi connectivity index (χ3v) is 12.3. The van der Waals surface area contributed by atoms with E-state index in [0.717, 1.165) is 0 Å². The lowest BCUT2D eigenvalue weighted by Crippen LogP contribution is -2.43. The van der Waals surface area contributed by atoms with Crippen molar-refractivity contribution in [2.45, 2.75) is 84.4 Å². The van der Waals surface area contributed by atoms with Crippen molar-refractivity contribution in [2.75, 3.05) is 0 Å². The first kappa shape index (κ1) is 20.8. The average Bonchev–Trinajstić information content (AvgIpc) is 2.53. The molecule has 26 heavy (non-hydrogen) atoms. The largest absolute Gasteiger partial charge is 0.146 e. The molecule has 0 radical (unpaired) electrons. The molecule has 2 aromatic rings. The molecule has 2 aromatic carbocycles. The summed E-state index contributed by atoms with van der Waals surface area (Å²) in [7, 11) is -1.74. The van der Waals surface area contributed by atoms with Gasteiger partial charge in [-0.3, -0.25) is 0 Å². The molecule has 0 aliphatic rings. The number of rotatable bonds is 3. The van der Waals surface area contributed by atoms with E-state index in [1.807, 2.05) is 0 Å². The first-order valence-electron chi connectivity index (χ1n) is 10.1. The van der Waals surface area contributed by atoms with E-state index in [9.17, 15) is 0 Å². The zero-order valence-corrected chi connectivity index (χ0v) is 19.2. The molecular weight excluding hydrogens is 328 g/mol. The van der Waals surface area contributed by atoms with Crippen molar-refractivity contribution in [3.8, 4) is 11.5 Å². The maximum Gasteiger partial charge on any atom is 0.146 e. The van der Waals surface area contributed by atoms with Gasteiger partial charge >= 0.3 is 0 Å². The molecule has 0 N–H and O–H groups in total. The monoisotopic (exact) mass is 364 g/mol. The molecule has 2 rings (SSSR count). The Labute approximate surface area is 162 Å². The quantitative estimate of drug-likeness (QED) is 0.386. The van der Waals surface area contributed by atoms with Crippen LogP contribution < -0.4 is 0 Å². The van der Waals surface area contributed by atoms with Gasteiger partial charge < -0.3 is 0 Å². The fourth-order valence-electron chi connectivity index (χ4n) is 4.63. The molecular formula is C25H36Si. The number of benzene rings is 2. The van der Waals surface area contributed by atoms with Crippen molar-refractivity contribution in [1.82, 2.24) is 0 Å². The minimum absolute atomic E-state index is 0.0890. The van der Waals surface area contributed by atoms with E-state index in [1.54, 1.807) is 0 Å². The van der Waals surface area contributed by atoms with E-state index in [2.05, 4.69) is 110 Å². The summed E-state index contributed by atoms with van der Waals surface area (Å²) in [6, 6.07) is 13.2. The van der Waals surface area contributed by atoms with Gasteiger partial charge in [0.05, 0.1) is 0 Å². The summed E-state index contributed by atoms with van der Waals surface area (Å²) in [5.74, 6) is 3.76. The van der Waals surface area contributed by atoms with Crippen LogP contribution in [0, 0.1) is 11.5 Å². The molecule has 0 fully saturated rings. The molecule has 0 aromatic heterocycles. The fraction of sp³-hybridized carbons (Fsp3) is 0.520. The van der Waals surface area contributed by atoms with Gasteiger partial charge in [-0.15, -0.1) is 5.54 Å². The van der Waals surface area contributed by atoms with Gasteiger partial charge in [0.2, 0.25) is 0 Å². The van der Waals surface area contributed by atoms with E-state index in [1.165, 1.54) is 21.9 Å². The fourth-order valence-corrected chi connectivity index (χ4v) is 9.84. The average molecular weight is 365 g/mol. The van der Waals surface area contributed by atoms with Crippen molar-refractivity contribution < 1.29 is 0 Å². The van der Waals surface area contributed by atoms with E-state index in [4.69, 9.17) is 0 Å². The van der Waals surface area contributed by atoms with Crippen LogP contribution in [0.5, 0.6) is 0 Å². The van der Waals surface area contributed by atoms with E-state index in [0.29, 0.717) is 16.6 Å². The molecule has 0 aliphatic carbocycles. The van der Waals surface area contributed by atoms with Crippen LogP contribution in [-0.2, 0) is 5.41 Å². The first-order chi connectivity index (χ1) is 12.0. The topological polar surface area (TPSA) is 0 Å². The van der Waals surface area contributed by atoms with Crippen LogP contribution in [-0.4, -0.2) is 8.07 Å². The van der Waals surface area contributed by atoms with Crippen molar-refractivity contribution >= 4 is 18.8 Å². The van der Waals surface area contributed by atoms with Gasteiger partial charge in [0.25, 0.3) is 0 Å². The zero-order chi connectivity index (χ0) is 19.7. The maximum absolute atomic E-state index is 3.94. The van der Waals surface area contributed by atoms with Crippen LogP contribution in [0.2, 0.25) is 16.6 Å². The predicted octanol–water partition coefficient (Wildman–Crippen LogP) is 7.71. The van der Waals surface area contributed by atoms with Crippen LogP contribution in [0.3, 0.4) is 0 Å². The second kappa shape index (κ2) is 7.61. The highest BCUT2D eigenvalue weighted by Gasteiger charge is 2.41. The zero-order valence-electron chi connectivity index (χ0n) is 18.2. The normalized spacial score (nSPS) is 12.8. The Morgan fingerprint density at radius 1 is 0.769 bits per heavy atom. The smallest absolute Gasteiger partial charge is 0.125 e. The Morgan fingerprint density at radius 3 is 1.81 bits per heavy atom. The summed E-state index contributed by atoms with van der Waals surface area (Å²) >= 11 is 0. The molecule has 0 saturated carbocycles. The highest BCUT2D eigenvalue weighted by molar-refractivity contribution is 6.90. The van der Waals surface area contributed by atoms with Gasteiger partial charge in [0, 0.05) is 5.56 Å². The van der Waals surface area contributed by atoms with Gasteiger partial charge in [-0.2, -0.15) is 0 Å². The molecule has 0 amide bonds. The second-order valence-corrected chi connectivity index (χ2v) is 15.2. The highest BCUT2D eigenvalue weighted by Crippen LogP contribution is 2.41.